The summed E-state index contributed by atoms with van der Waals surface area (Å²) in [7, 11) is 0. The Balaban J connectivity index is 3.17. The lowest BCUT2D eigenvalue weighted by Gasteiger charge is -2.17. The van der Waals surface area contributed by atoms with E-state index in [1.165, 1.54) is 12.1 Å². The Morgan fingerprint density at radius 2 is 1.81 bits per heavy atom. The highest BCUT2D eigenvalue weighted by molar-refractivity contribution is 6.43. The fraction of sp³-hybridized carbons (Fsp3) is 0.222. The van der Waals surface area contributed by atoms with Crippen LogP contribution in [0.1, 0.15) is 11.7 Å². The van der Waals surface area contributed by atoms with Crippen LogP contribution in [0.3, 0.4) is 0 Å². The molecule has 0 aliphatic carbocycles. The van der Waals surface area contributed by atoms with E-state index in [0.29, 0.717) is 0 Å². The monoisotopic (exact) mass is 283 g/mol. The average molecular weight is 285 g/mol. The van der Waals surface area contributed by atoms with Crippen LogP contribution in [0.4, 0.5) is 0 Å². The first-order valence-corrected chi connectivity index (χ1v) is 5.28. The first-order valence-electron chi connectivity index (χ1n) is 4.14. The number of halogens is 3. The molecule has 16 heavy (non-hydrogen) atoms. The summed E-state index contributed by atoms with van der Waals surface area (Å²) < 4.78 is 0. The molecule has 0 aliphatic heterocycles. The van der Waals surface area contributed by atoms with Crippen LogP contribution in [0.15, 0.2) is 12.1 Å². The molecule has 2 unspecified atom stereocenters. The second kappa shape index (κ2) is 5.21. The standard InChI is InChI=1S/C9H8Cl3NO3/c10-3-1-4(6(12)5(11)2-3)7(14)8(15)9(13)16/h1-2,7-8,14-15H,(H2,13,16). The van der Waals surface area contributed by atoms with Gasteiger partial charge in [0.1, 0.15) is 6.10 Å². The van der Waals surface area contributed by atoms with E-state index in [2.05, 4.69) is 0 Å². The van der Waals surface area contributed by atoms with Gasteiger partial charge < -0.3 is 15.9 Å². The summed E-state index contributed by atoms with van der Waals surface area (Å²) in [5, 5.41) is 19.3. The number of carbonyl (C=O) groups is 1. The van der Waals surface area contributed by atoms with Crippen LogP contribution in [0.25, 0.3) is 0 Å². The minimum Gasteiger partial charge on any atom is -0.385 e. The van der Waals surface area contributed by atoms with E-state index in [-0.39, 0.29) is 20.6 Å². The largest absolute Gasteiger partial charge is 0.385 e. The lowest BCUT2D eigenvalue weighted by Crippen LogP contribution is -2.34. The van der Waals surface area contributed by atoms with Crippen LogP contribution in [-0.2, 0) is 4.79 Å². The molecule has 88 valence electrons. The van der Waals surface area contributed by atoms with Crippen molar-refractivity contribution in [2.75, 3.05) is 0 Å². The fourth-order valence-corrected chi connectivity index (χ4v) is 1.85. The molecule has 1 rings (SSSR count). The first kappa shape index (κ1) is 13.5. The molecule has 1 aromatic rings. The van der Waals surface area contributed by atoms with Crippen molar-refractivity contribution in [3.8, 4) is 0 Å². The van der Waals surface area contributed by atoms with Crippen LogP contribution in [0, 0.1) is 0 Å². The maximum Gasteiger partial charge on any atom is 0.249 e. The molecule has 0 saturated heterocycles. The summed E-state index contributed by atoms with van der Waals surface area (Å²) in [5.41, 5.74) is 4.89. The van der Waals surface area contributed by atoms with E-state index in [4.69, 9.17) is 40.5 Å². The van der Waals surface area contributed by atoms with E-state index in [1.54, 1.807) is 0 Å². The second-order valence-electron chi connectivity index (χ2n) is 3.08. The molecule has 0 heterocycles. The third kappa shape index (κ3) is 2.78. The molecule has 7 heteroatoms. The minimum atomic E-state index is -1.77. The highest BCUT2D eigenvalue weighted by Crippen LogP contribution is 2.34. The lowest BCUT2D eigenvalue weighted by molar-refractivity contribution is -0.131. The van der Waals surface area contributed by atoms with Gasteiger partial charge in [-0.2, -0.15) is 0 Å². The molecule has 4 N–H and O–H groups in total. The van der Waals surface area contributed by atoms with Crippen molar-refractivity contribution in [2.24, 2.45) is 5.73 Å². The van der Waals surface area contributed by atoms with E-state index < -0.39 is 18.1 Å². The van der Waals surface area contributed by atoms with Gasteiger partial charge in [0.25, 0.3) is 0 Å². The van der Waals surface area contributed by atoms with Gasteiger partial charge in [0, 0.05) is 10.6 Å². The summed E-state index contributed by atoms with van der Waals surface area (Å²) in [6.45, 7) is 0. The molecule has 0 aromatic heterocycles. The maximum atomic E-state index is 10.7. The highest BCUT2D eigenvalue weighted by atomic mass is 35.5. The van der Waals surface area contributed by atoms with E-state index in [0.717, 1.165) is 0 Å². The minimum absolute atomic E-state index is 0.0128. The van der Waals surface area contributed by atoms with Crippen molar-refractivity contribution in [3.63, 3.8) is 0 Å². The Labute approximate surface area is 107 Å². The number of aliphatic hydroxyl groups excluding tert-OH is 2. The summed E-state index contributed by atoms with van der Waals surface area (Å²) >= 11 is 17.2. The van der Waals surface area contributed by atoms with Crippen molar-refractivity contribution in [3.05, 3.63) is 32.8 Å². The van der Waals surface area contributed by atoms with E-state index >= 15 is 0 Å². The molecule has 0 fully saturated rings. The molecule has 0 aliphatic rings. The molecule has 0 saturated carbocycles. The number of amides is 1. The Bertz CT molecular complexity index is 425. The van der Waals surface area contributed by atoms with Gasteiger partial charge in [0.05, 0.1) is 10.0 Å². The zero-order chi connectivity index (χ0) is 12.5. The molecule has 0 spiro atoms. The smallest absolute Gasteiger partial charge is 0.249 e. The van der Waals surface area contributed by atoms with Gasteiger partial charge in [-0.3, -0.25) is 4.79 Å². The number of nitrogens with two attached hydrogens (primary N) is 1. The molecule has 0 bridgehead atoms. The Hall–Kier alpha value is -0.520. The number of carbonyl (C=O) groups excluding carboxylic acids is 1. The quantitative estimate of drug-likeness (QED) is 0.736. The molecule has 4 nitrogen and oxygen atoms in total. The third-order valence-electron chi connectivity index (χ3n) is 1.93. The molecule has 1 aromatic carbocycles. The van der Waals surface area contributed by atoms with Gasteiger partial charge in [-0.15, -0.1) is 0 Å². The molecular formula is C9H8Cl3NO3. The number of hydrogen-bond donors (Lipinski definition) is 3. The number of benzene rings is 1. The fourth-order valence-electron chi connectivity index (χ4n) is 1.12. The van der Waals surface area contributed by atoms with Crippen LogP contribution < -0.4 is 5.73 Å². The summed E-state index contributed by atoms with van der Waals surface area (Å²) in [6.07, 6.45) is -3.34. The normalized spacial score (nSPS) is 14.6. The lowest BCUT2D eigenvalue weighted by atomic mass is 10.0. The Morgan fingerprint density at radius 1 is 1.25 bits per heavy atom. The van der Waals surface area contributed by atoms with E-state index in [1.807, 2.05) is 0 Å². The molecular weight excluding hydrogens is 276 g/mol. The van der Waals surface area contributed by atoms with Crippen molar-refractivity contribution < 1.29 is 15.0 Å². The molecule has 0 radical (unpaired) electrons. The highest BCUT2D eigenvalue weighted by Gasteiger charge is 2.26. The van der Waals surface area contributed by atoms with Gasteiger partial charge in [0.15, 0.2) is 6.10 Å². The van der Waals surface area contributed by atoms with Gasteiger partial charge in [-0.25, -0.2) is 0 Å². The Kier molecular flexibility index (Phi) is 4.41. The van der Waals surface area contributed by atoms with E-state index in [9.17, 15) is 15.0 Å². The van der Waals surface area contributed by atoms with Crippen LogP contribution in [0.5, 0.6) is 0 Å². The summed E-state index contributed by atoms with van der Waals surface area (Å²) in [4.78, 5) is 10.7. The zero-order valence-electron chi connectivity index (χ0n) is 7.82. The second-order valence-corrected chi connectivity index (χ2v) is 4.30. The third-order valence-corrected chi connectivity index (χ3v) is 2.97. The van der Waals surface area contributed by atoms with Crippen LogP contribution in [-0.4, -0.2) is 22.2 Å². The van der Waals surface area contributed by atoms with Gasteiger partial charge in [0.2, 0.25) is 5.91 Å². The number of hydrogen-bond acceptors (Lipinski definition) is 3. The average Bonchev–Trinajstić information content (AvgIpc) is 2.21. The predicted molar refractivity (Wildman–Crippen MR) is 61.6 cm³/mol. The van der Waals surface area contributed by atoms with Crippen LogP contribution in [0.2, 0.25) is 15.1 Å². The van der Waals surface area contributed by atoms with Crippen molar-refractivity contribution >= 4 is 40.7 Å². The van der Waals surface area contributed by atoms with Gasteiger partial charge in [-0.1, -0.05) is 34.8 Å². The number of rotatable bonds is 3. The maximum absolute atomic E-state index is 10.7. The first-order chi connectivity index (χ1) is 7.34. The van der Waals surface area contributed by atoms with Gasteiger partial charge in [-0.05, 0) is 12.1 Å². The molecule has 1 amide bonds. The Morgan fingerprint density at radius 3 is 2.31 bits per heavy atom. The predicted octanol–water partition coefficient (Wildman–Crippen LogP) is 1.53. The van der Waals surface area contributed by atoms with Crippen molar-refractivity contribution in [2.45, 2.75) is 12.2 Å². The molecule has 2 atom stereocenters. The van der Waals surface area contributed by atoms with Crippen molar-refractivity contribution in [1.29, 1.82) is 0 Å². The SMILES string of the molecule is NC(=O)C(O)C(O)c1cc(Cl)cc(Cl)c1Cl. The number of aliphatic hydroxyl groups is 2. The number of primary amides is 1. The van der Waals surface area contributed by atoms with Crippen molar-refractivity contribution in [1.82, 2.24) is 0 Å². The van der Waals surface area contributed by atoms with Gasteiger partial charge >= 0.3 is 0 Å². The summed E-state index contributed by atoms with van der Waals surface area (Å²) in [6, 6.07) is 2.67. The van der Waals surface area contributed by atoms with Crippen LogP contribution >= 0.6 is 34.8 Å². The topological polar surface area (TPSA) is 83.6 Å². The zero-order valence-corrected chi connectivity index (χ0v) is 10.1. The summed E-state index contributed by atoms with van der Waals surface area (Å²) in [5.74, 6) is -1.07.